The molecule has 2 aromatic rings. The van der Waals surface area contributed by atoms with Crippen molar-refractivity contribution in [2.75, 3.05) is 12.5 Å². The minimum Gasteiger partial charge on any atom is -0.616 e. The molecule has 0 bridgehead atoms. The van der Waals surface area contributed by atoms with Gasteiger partial charge in [0.15, 0.2) is 11.5 Å². The standard InChI is InChI=1S/C18H28O3S.C8H9NO2/c1-3-4-5-6-7-8-11-22(19)15(2)12-16-9-10-17-18(13-16)21-14-20-17;1-6-4-3-5-8(7(6)2)9(10)11/h9-10,13,15H,3-8,11-12,14H2,1-2H3;3-5H,1-2H3. The van der Waals surface area contributed by atoms with Crippen LogP contribution in [0, 0.1) is 24.0 Å². The van der Waals surface area contributed by atoms with Gasteiger partial charge < -0.3 is 14.0 Å². The molecule has 0 N–H and O–H groups in total. The number of nitrogens with zero attached hydrogens (tertiary/aromatic N) is 1. The van der Waals surface area contributed by atoms with Crippen molar-refractivity contribution in [3.05, 3.63) is 63.2 Å². The maximum atomic E-state index is 12.3. The van der Waals surface area contributed by atoms with Crippen LogP contribution in [0.1, 0.15) is 69.1 Å². The summed E-state index contributed by atoms with van der Waals surface area (Å²) in [6, 6.07) is 11.1. The van der Waals surface area contributed by atoms with Crippen LogP contribution in [0.25, 0.3) is 0 Å². The van der Waals surface area contributed by atoms with Gasteiger partial charge in [-0.25, -0.2) is 0 Å². The van der Waals surface area contributed by atoms with Gasteiger partial charge in [-0.05, 0) is 56.9 Å². The summed E-state index contributed by atoms with van der Waals surface area (Å²) in [5.41, 5.74) is 3.08. The molecule has 0 saturated heterocycles. The van der Waals surface area contributed by atoms with Gasteiger partial charge in [0.25, 0.3) is 5.69 Å². The van der Waals surface area contributed by atoms with Gasteiger partial charge in [0.05, 0.1) is 4.92 Å². The Morgan fingerprint density at radius 1 is 1.03 bits per heavy atom. The monoisotopic (exact) mass is 475 g/mol. The fourth-order valence-corrected chi connectivity index (χ4v) is 4.92. The number of unbranched alkanes of at least 4 members (excludes halogenated alkanes) is 5. The average molecular weight is 476 g/mol. The van der Waals surface area contributed by atoms with Crippen LogP contribution in [0.5, 0.6) is 11.5 Å². The van der Waals surface area contributed by atoms with E-state index in [0.717, 1.165) is 41.2 Å². The van der Waals surface area contributed by atoms with E-state index in [0.29, 0.717) is 6.79 Å². The van der Waals surface area contributed by atoms with Gasteiger partial charge in [-0.1, -0.05) is 62.0 Å². The number of nitro benzene ring substituents is 1. The molecule has 2 atom stereocenters. The number of hydrogen-bond acceptors (Lipinski definition) is 5. The fourth-order valence-electron chi connectivity index (χ4n) is 3.65. The predicted octanol–water partition coefficient (Wildman–Crippen LogP) is 6.67. The van der Waals surface area contributed by atoms with Crippen molar-refractivity contribution >= 4 is 16.9 Å². The Morgan fingerprint density at radius 3 is 2.42 bits per heavy atom. The molecule has 0 saturated carbocycles. The van der Waals surface area contributed by atoms with Gasteiger partial charge in [0.1, 0.15) is 11.0 Å². The highest BCUT2D eigenvalue weighted by atomic mass is 32.2. The Kier molecular flexibility index (Phi) is 11.5. The minimum absolute atomic E-state index is 0.191. The second-order valence-corrected chi connectivity index (χ2v) is 10.5. The first-order valence-electron chi connectivity index (χ1n) is 11.8. The third kappa shape index (κ3) is 8.89. The van der Waals surface area contributed by atoms with E-state index in [9.17, 15) is 14.7 Å². The van der Waals surface area contributed by atoms with E-state index in [-0.39, 0.29) is 15.9 Å². The first-order chi connectivity index (χ1) is 15.8. The SMILES string of the molecule is CCCCCCCC[S+]([O-])C(C)Cc1ccc2c(c1)OCO2.Cc1cccc([N+](=O)[O-])c1C. The van der Waals surface area contributed by atoms with Crippen LogP contribution in [0.2, 0.25) is 0 Å². The van der Waals surface area contributed by atoms with Crippen LogP contribution in [0.4, 0.5) is 5.69 Å². The smallest absolute Gasteiger partial charge is 0.272 e. The molecule has 0 amide bonds. The Morgan fingerprint density at radius 2 is 1.73 bits per heavy atom. The van der Waals surface area contributed by atoms with Crippen molar-refractivity contribution in [2.24, 2.45) is 0 Å². The van der Waals surface area contributed by atoms with Gasteiger partial charge >= 0.3 is 0 Å². The summed E-state index contributed by atoms with van der Waals surface area (Å²) in [4.78, 5) is 10.0. The largest absolute Gasteiger partial charge is 0.616 e. The topological polar surface area (TPSA) is 84.7 Å². The summed E-state index contributed by atoms with van der Waals surface area (Å²) in [5.74, 6) is 2.45. The van der Waals surface area contributed by atoms with Crippen LogP contribution in [-0.4, -0.2) is 27.3 Å². The third-order valence-electron chi connectivity index (χ3n) is 5.88. The van der Waals surface area contributed by atoms with Crippen molar-refractivity contribution < 1.29 is 18.9 Å². The lowest BCUT2D eigenvalue weighted by Gasteiger charge is -2.18. The zero-order chi connectivity index (χ0) is 24.2. The maximum absolute atomic E-state index is 12.3. The molecular formula is C26H37NO5S. The second kappa shape index (κ2) is 14.1. The normalized spacial score (nSPS) is 13.7. The Bertz CT molecular complexity index is 889. The third-order valence-corrected chi connectivity index (χ3v) is 7.64. The molecular weight excluding hydrogens is 438 g/mol. The first-order valence-corrected chi connectivity index (χ1v) is 13.2. The van der Waals surface area contributed by atoms with Gasteiger partial charge in [0.2, 0.25) is 6.79 Å². The number of aryl methyl sites for hydroxylation is 1. The molecule has 3 rings (SSSR count). The quantitative estimate of drug-likeness (QED) is 0.157. The van der Waals surface area contributed by atoms with Crippen molar-refractivity contribution in [3.8, 4) is 11.5 Å². The van der Waals surface area contributed by atoms with Crippen LogP contribution in [0.3, 0.4) is 0 Å². The molecule has 1 aliphatic heterocycles. The molecule has 0 radical (unpaired) electrons. The molecule has 6 nitrogen and oxygen atoms in total. The van der Waals surface area contributed by atoms with Gasteiger partial charge in [0, 0.05) is 18.1 Å². The summed E-state index contributed by atoms with van der Waals surface area (Å²) in [6.45, 7) is 8.23. The lowest BCUT2D eigenvalue weighted by Crippen LogP contribution is -2.23. The number of fused-ring (bicyclic) bond motifs is 1. The molecule has 0 aromatic heterocycles. The minimum atomic E-state index is -0.743. The van der Waals surface area contributed by atoms with Crippen LogP contribution in [-0.2, 0) is 17.6 Å². The fraction of sp³-hybridized carbons (Fsp3) is 0.538. The molecule has 2 unspecified atom stereocenters. The molecule has 0 aliphatic carbocycles. The molecule has 1 aliphatic rings. The predicted molar refractivity (Wildman–Crippen MR) is 135 cm³/mol. The van der Waals surface area contributed by atoms with Crippen molar-refractivity contribution in [2.45, 2.75) is 77.9 Å². The zero-order valence-corrected chi connectivity index (χ0v) is 21.1. The van der Waals surface area contributed by atoms with E-state index >= 15 is 0 Å². The number of benzene rings is 2. The lowest BCUT2D eigenvalue weighted by atomic mass is 10.1. The Labute approximate surface area is 201 Å². The Hall–Kier alpha value is -2.25. The van der Waals surface area contributed by atoms with E-state index < -0.39 is 11.2 Å². The number of rotatable bonds is 11. The lowest BCUT2D eigenvalue weighted by molar-refractivity contribution is -0.385. The second-order valence-electron chi connectivity index (χ2n) is 8.53. The summed E-state index contributed by atoms with van der Waals surface area (Å²) in [7, 11) is 0. The van der Waals surface area contributed by atoms with Crippen molar-refractivity contribution in [1.82, 2.24) is 0 Å². The van der Waals surface area contributed by atoms with Crippen molar-refractivity contribution in [1.29, 1.82) is 0 Å². The number of hydrogen-bond donors (Lipinski definition) is 0. The Balaban J connectivity index is 0.000000294. The highest BCUT2D eigenvalue weighted by Gasteiger charge is 2.19. The van der Waals surface area contributed by atoms with E-state index in [4.69, 9.17) is 9.47 Å². The number of nitro groups is 1. The summed E-state index contributed by atoms with van der Waals surface area (Å²) >= 11 is -0.743. The van der Waals surface area contributed by atoms with Crippen LogP contribution in [0.15, 0.2) is 36.4 Å². The summed E-state index contributed by atoms with van der Waals surface area (Å²) < 4.78 is 23.0. The molecule has 182 valence electrons. The van der Waals surface area contributed by atoms with E-state index in [1.54, 1.807) is 13.0 Å². The van der Waals surface area contributed by atoms with Gasteiger partial charge in [-0.3, -0.25) is 10.1 Å². The maximum Gasteiger partial charge on any atom is 0.272 e. The molecule has 7 heteroatoms. The summed E-state index contributed by atoms with van der Waals surface area (Å²) in [5, 5.41) is 10.6. The van der Waals surface area contributed by atoms with Crippen LogP contribution < -0.4 is 9.47 Å². The highest BCUT2D eigenvalue weighted by molar-refractivity contribution is 7.91. The van der Waals surface area contributed by atoms with E-state index in [1.807, 2.05) is 31.2 Å². The van der Waals surface area contributed by atoms with Gasteiger partial charge in [-0.2, -0.15) is 0 Å². The van der Waals surface area contributed by atoms with Gasteiger partial charge in [-0.15, -0.1) is 0 Å². The average Bonchev–Trinajstić information content (AvgIpc) is 3.26. The molecule has 0 spiro atoms. The first kappa shape index (κ1) is 27.0. The van der Waals surface area contributed by atoms with Crippen molar-refractivity contribution in [3.63, 3.8) is 0 Å². The zero-order valence-electron chi connectivity index (χ0n) is 20.3. The molecule has 1 heterocycles. The molecule has 33 heavy (non-hydrogen) atoms. The van der Waals surface area contributed by atoms with E-state index in [2.05, 4.69) is 13.8 Å². The van der Waals surface area contributed by atoms with Crippen LogP contribution >= 0.6 is 0 Å². The molecule has 2 aromatic carbocycles. The number of ether oxygens (including phenoxy) is 2. The molecule has 0 fully saturated rings. The highest BCUT2D eigenvalue weighted by Crippen LogP contribution is 2.33. The van der Waals surface area contributed by atoms with E-state index in [1.165, 1.54) is 43.7 Å². The summed E-state index contributed by atoms with van der Waals surface area (Å²) in [6.07, 6.45) is 8.32.